The molecular formula is C12H22N2. The van der Waals surface area contributed by atoms with Crippen LogP contribution in [0.2, 0.25) is 0 Å². The topological polar surface area (TPSA) is 38.4 Å². The van der Waals surface area contributed by atoms with Crippen LogP contribution in [0.5, 0.6) is 0 Å². The van der Waals surface area contributed by atoms with Crippen LogP contribution in [0.15, 0.2) is 16.8 Å². The smallest absolute Gasteiger partial charge is 0.0394 e. The molecule has 1 saturated carbocycles. The van der Waals surface area contributed by atoms with Gasteiger partial charge in [-0.05, 0) is 42.4 Å². The van der Waals surface area contributed by atoms with Crippen molar-refractivity contribution < 1.29 is 0 Å². The summed E-state index contributed by atoms with van der Waals surface area (Å²) in [6.45, 7) is 6.92. The average molecular weight is 194 g/mol. The van der Waals surface area contributed by atoms with Gasteiger partial charge in [-0.25, -0.2) is 0 Å². The van der Waals surface area contributed by atoms with Crippen LogP contribution in [0, 0.1) is 11.3 Å². The molecule has 2 heteroatoms. The van der Waals surface area contributed by atoms with E-state index in [4.69, 9.17) is 5.73 Å². The average Bonchev–Trinajstić information content (AvgIpc) is 2.15. The molecule has 0 spiro atoms. The van der Waals surface area contributed by atoms with Gasteiger partial charge in [-0.3, -0.25) is 4.99 Å². The van der Waals surface area contributed by atoms with E-state index in [1.807, 2.05) is 7.05 Å². The Morgan fingerprint density at radius 2 is 2.07 bits per heavy atom. The summed E-state index contributed by atoms with van der Waals surface area (Å²) in [7, 11) is 1.86. The number of allylic oxidation sites excluding steroid dienone is 1. The van der Waals surface area contributed by atoms with Gasteiger partial charge in [0.1, 0.15) is 0 Å². The molecule has 1 atom stereocenters. The first-order chi connectivity index (χ1) is 6.49. The lowest BCUT2D eigenvalue weighted by molar-refractivity contribution is 0.227. The van der Waals surface area contributed by atoms with E-state index < -0.39 is 0 Å². The molecule has 1 aliphatic carbocycles. The maximum atomic E-state index is 5.58. The number of nitrogens with zero attached hydrogens (tertiary/aromatic N) is 1. The van der Waals surface area contributed by atoms with Gasteiger partial charge in [0, 0.05) is 12.8 Å². The summed E-state index contributed by atoms with van der Waals surface area (Å²) in [5, 5.41) is 0. The van der Waals surface area contributed by atoms with Crippen molar-refractivity contribution in [2.24, 2.45) is 22.1 Å². The van der Waals surface area contributed by atoms with Crippen molar-refractivity contribution in [2.75, 3.05) is 7.05 Å². The van der Waals surface area contributed by atoms with Crippen LogP contribution in [0.1, 0.15) is 40.0 Å². The molecule has 0 saturated heterocycles. The first kappa shape index (κ1) is 11.3. The molecule has 14 heavy (non-hydrogen) atoms. The van der Waals surface area contributed by atoms with Crippen molar-refractivity contribution in [1.82, 2.24) is 0 Å². The molecule has 1 aliphatic rings. The van der Waals surface area contributed by atoms with Gasteiger partial charge in [-0.2, -0.15) is 0 Å². The summed E-state index contributed by atoms with van der Waals surface area (Å²) >= 11 is 0. The summed E-state index contributed by atoms with van der Waals surface area (Å²) in [5.41, 5.74) is 8.42. The van der Waals surface area contributed by atoms with Crippen LogP contribution in [0.3, 0.4) is 0 Å². The summed E-state index contributed by atoms with van der Waals surface area (Å²) in [4.78, 5) is 4.33. The lowest BCUT2D eigenvalue weighted by atomic mass is 9.71. The fourth-order valence-corrected chi connectivity index (χ4v) is 2.09. The Kier molecular flexibility index (Phi) is 3.35. The molecule has 1 unspecified atom stereocenters. The zero-order valence-electron chi connectivity index (χ0n) is 9.80. The Morgan fingerprint density at radius 1 is 1.43 bits per heavy atom. The Balaban J connectivity index is 2.77. The van der Waals surface area contributed by atoms with Crippen LogP contribution in [-0.2, 0) is 0 Å². The third kappa shape index (κ3) is 2.37. The molecule has 2 N–H and O–H groups in total. The Morgan fingerprint density at radius 3 is 2.50 bits per heavy atom. The van der Waals surface area contributed by atoms with Crippen LogP contribution in [0.4, 0.5) is 0 Å². The van der Waals surface area contributed by atoms with E-state index >= 15 is 0 Å². The molecule has 1 fully saturated rings. The van der Waals surface area contributed by atoms with E-state index in [9.17, 15) is 0 Å². The standard InChI is InChI=1S/C12H22N2/c1-12(2,3)10-6-5-9(8-13)11(7-10)14-4/h8,10H,5-7,13H2,1-4H3. The first-order valence-electron chi connectivity index (χ1n) is 5.36. The minimum Gasteiger partial charge on any atom is -0.404 e. The largest absolute Gasteiger partial charge is 0.404 e. The third-order valence-corrected chi connectivity index (χ3v) is 3.27. The molecule has 2 nitrogen and oxygen atoms in total. The van der Waals surface area contributed by atoms with Crippen molar-refractivity contribution in [2.45, 2.75) is 40.0 Å². The van der Waals surface area contributed by atoms with Gasteiger partial charge in [0.25, 0.3) is 0 Å². The summed E-state index contributed by atoms with van der Waals surface area (Å²) in [6, 6.07) is 0. The minimum absolute atomic E-state index is 0.385. The second-order valence-corrected chi connectivity index (χ2v) is 5.17. The molecule has 80 valence electrons. The maximum Gasteiger partial charge on any atom is 0.0394 e. The normalized spacial score (nSPS) is 29.9. The van der Waals surface area contributed by atoms with E-state index in [0.29, 0.717) is 5.41 Å². The van der Waals surface area contributed by atoms with Crippen molar-refractivity contribution in [3.63, 3.8) is 0 Å². The van der Waals surface area contributed by atoms with E-state index in [1.54, 1.807) is 6.20 Å². The molecule has 0 aromatic carbocycles. The van der Waals surface area contributed by atoms with Gasteiger partial charge < -0.3 is 5.73 Å². The van der Waals surface area contributed by atoms with Crippen LogP contribution in [0.25, 0.3) is 0 Å². The fraction of sp³-hybridized carbons (Fsp3) is 0.750. The van der Waals surface area contributed by atoms with Gasteiger partial charge in [0.15, 0.2) is 0 Å². The summed E-state index contributed by atoms with van der Waals surface area (Å²) < 4.78 is 0. The zero-order chi connectivity index (χ0) is 10.8. The van der Waals surface area contributed by atoms with E-state index in [1.165, 1.54) is 17.7 Å². The molecule has 0 bridgehead atoms. The van der Waals surface area contributed by atoms with Gasteiger partial charge in [-0.15, -0.1) is 0 Å². The monoisotopic (exact) mass is 194 g/mol. The highest BCUT2D eigenvalue weighted by Crippen LogP contribution is 2.38. The predicted octanol–water partition coefficient (Wildman–Crippen LogP) is 2.75. The second kappa shape index (κ2) is 4.16. The number of aliphatic imine (C=N–C) groups is 1. The van der Waals surface area contributed by atoms with E-state index in [0.717, 1.165) is 18.8 Å². The van der Waals surface area contributed by atoms with Crippen LogP contribution < -0.4 is 5.73 Å². The van der Waals surface area contributed by atoms with Gasteiger partial charge in [0.2, 0.25) is 0 Å². The van der Waals surface area contributed by atoms with Crippen LogP contribution >= 0.6 is 0 Å². The molecule has 1 rings (SSSR count). The van der Waals surface area contributed by atoms with Gasteiger partial charge >= 0.3 is 0 Å². The Hall–Kier alpha value is -0.790. The van der Waals surface area contributed by atoms with Crippen molar-refractivity contribution in [3.8, 4) is 0 Å². The third-order valence-electron chi connectivity index (χ3n) is 3.27. The first-order valence-corrected chi connectivity index (χ1v) is 5.36. The zero-order valence-corrected chi connectivity index (χ0v) is 9.80. The van der Waals surface area contributed by atoms with Crippen molar-refractivity contribution in [3.05, 3.63) is 11.8 Å². The highest BCUT2D eigenvalue weighted by molar-refractivity contribution is 6.00. The summed E-state index contributed by atoms with van der Waals surface area (Å²) in [5.74, 6) is 0.741. The van der Waals surface area contributed by atoms with Gasteiger partial charge in [0.05, 0.1) is 0 Å². The van der Waals surface area contributed by atoms with Crippen LogP contribution in [-0.4, -0.2) is 12.8 Å². The number of hydrogen-bond acceptors (Lipinski definition) is 2. The van der Waals surface area contributed by atoms with Gasteiger partial charge in [-0.1, -0.05) is 20.8 Å². The Bertz CT molecular complexity index is 256. The lowest BCUT2D eigenvalue weighted by Gasteiger charge is -2.35. The summed E-state index contributed by atoms with van der Waals surface area (Å²) in [6.07, 6.45) is 5.14. The maximum absolute atomic E-state index is 5.58. The molecule has 0 heterocycles. The highest BCUT2D eigenvalue weighted by atomic mass is 14.7. The van der Waals surface area contributed by atoms with E-state index in [2.05, 4.69) is 25.8 Å². The Labute approximate surface area is 87.3 Å². The molecular weight excluding hydrogens is 172 g/mol. The predicted molar refractivity (Wildman–Crippen MR) is 62.4 cm³/mol. The second-order valence-electron chi connectivity index (χ2n) is 5.17. The SMILES string of the molecule is CN=C1CC(C(C)(C)C)CCC1=CN. The molecule has 0 aromatic heterocycles. The molecule has 0 radical (unpaired) electrons. The quantitative estimate of drug-likeness (QED) is 0.632. The highest BCUT2D eigenvalue weighted by Gasteiger charge is 2.30. The van der Waals surface area contributed by atoms with E-state index in [-0.39, 0.29) is 0 Å². The minimum atomic E-state index is 0.385. The number of nitrogens with two attached hydrogens (primary N) is 1. The lowest BCUT2D eigenvalue weighted by Crippen LogP contribution is -2.28. The number of rotatable bonds is 0. The van der Waals surface area contributed by atoms with Crippen molar-refractivity contribution >= 4 is 5.71 Å². The molecule has 0 aromatic rings. The molecule has 0 amide bonds. The van der Waals surface area contributed by atoms with Crippen molar-refractivity contribution in [1.29, 1.82) is 0 Å². The fourth-order valence-electron chi connectivity index (χ4n) is 2.09. The number of hydrogen-bond donors (Lipinski definition) is 1. The molecule has 0 aliphatic heterocycles.